The summed E-state index contributed by atoms with van der Waals surface area (Å²) in [7, 11) is 0. The molecule has 0 spiro atoms. The molecule has 3 fully saturated rings. The third kappa shape index (κ3) is 4.40. The quantitative estimate of drug-likeness (QED) is 0.235. The van der Waals surface area contributed by atoms with Crippen LogP contribution in [0.25, 0.3) is 0 Å². The number of unbranched alkanes of at least 4 members (excludes halogenated alkanes) is 2. The van der Waals surface area contributed by atoms with Crippen LogP contribution < -0.4 is 16.2 Å². The summed E-state index contributed by atoms with van der Waals surface area (Å²) in [5, 5.41) is 0. The molecule has 4 aliphatic carbocycles. The number of benzene rings is 1. The van der Waals surface area contributed by atoms with E-state index >= 15 is 0 Å². The van der Waals surface area contributed by atoms with Crippen LogP contribution in [0.15, 0.2) is 30.4 Å². The minimum atomic E-state index is 0.244. The average molecular weight is 479 g/mol. The lowest BCUT2D eigenvalue weighted by atomic mass is 9.46. The van der Waals surface area contributed by atoms with Crippen molar-refractivity contribution in [2.24, 2.45) is 46.3 Å². The van der Waals surface area contributed by atoms with Crippen LogP contribution in [0.1, 0.15) is 98.3 Å². The van der Waals surface area contributed by atoms with Gasteiger partial charge in [-0.05, 0) is 109 Å². The fourth-order valence-electron chi connectivity index (χ4n) is 9.44. The van der Waals surface area contributed by atoms with Crippen LogP contribution >= 0.6 is 0 Å². The van der Waals surface area contributed by atoms with Crippen LogP contribution in [-0.2, 0) is 0 Å². The Morgan fingerprint density at radius 1 is 0.971 bits per heavy atom. The minimum absolute atomic E-state index is 0.244. The molecule has 3 saturated carbocycles. The molecule has 35 heavy (non-hydrogen) atoms. The van der Waals surface area contributed by atoms with Gasteiger partial charge in [-0.25, -0.2) is 0 Å². The Morgan fingerprint density at radius 3 is 2.51 bits per heavy atom. The summed E-state index contributed by atoms with van der Waals surface area (Å²) in [4.78, 5) is 0. The third-order valence-electron chi connectivity index (χ3n) is 11.5. The van der Waals surface area contributed by atoms with Crippen LogP contribution in [0.3, 0.4) is 0 Å². The average Bonchev–Trinajstić information content (AvgIpc) is 3.18. The second-order valence-electron chi connectivity index (χ2n) is 13.3. The van der Waals surface area contributed by atoms with Gasteiger partial charge in [0.1, 0.15) is 5.75 Å². The molecule has 9 unspecified atom stereocenters. The molecular weight excluding hydrogens is 428 g/mol. The highest BCUT2D eigenvalue weighted by Gasteiger charge is 2.59. The summed E-state index contributed by atoms with van der Waals surface area (Å²) in [6, 6.07) is 5.64. The van der Waals surface area contributed by atoms with Gasteiger partial charge >= 0.3 is 0 Å². The van der Waals surface area contributed by atoms with Gasteiger partial charge in [0.05, 0.1) is 11.8 Å². The SMILES string of the molecule is CCCCCC(C)C1CCC2C3C=CC4CC(Oc5ccc(N)cc5N)CCC4(C)C3CCC12C. The van der Waals surface area contributed by atoms with Crippen molar-refractivity contribution < 1.29 is 4.74 Å². The Kier molecular flexibility index (Phi) is 6.92. The molecule has 0 heterocycles. The zero-order chi connectivity index (χ0) is 24.8. The lowest BCUT2D eigenvalue weighted by molar-refractivity contribution is -0.0782. The molecular formula is C32H50N2O. The zero-order valence-corrected chi connectivity index (χ0v) is 22.8. The first-order valence-corrected chi connectivity index (χ1v) is 14.8. The van der Waals surface area contributed by atoms with Crippen molar-refractivity contribution >= 4 is 11.4 Å². The van der Waals surface area contributed by atoms with Crippen LogP contribution in [0.2, 0.25) is 0 Å². The van der Waals surface area contributed by atoms with Crippen molar-refractivity contribution in [1.82, 2.24) is 0 Å². The first-order valence-electron chi connectivity index (χ1n) is 14.8. The Labute approximate surface area is 214 Å². The van der Waals surface area contributed by atoms with Crippen molar-refractivity contribution in [2.45, 2.75) is 104 Å². The Morgan fingerprint density at radius 2 is 1.74 bits per heavy atom. The zero-order valence-electron chi connectivity index (χ0n) is 22.8. The Bertz CT molecular complexity index is 926. The fourth-order valence-corrected chi connectivity index (χ4v) is 9.44. The number of allylic oxidation sites excluding steroid dienone is 2. The predicted octanol–water partition coefficient (Wildman–Crippen LogP) is 8.25. The van der Waals surface area contributed by atoms with Crippen molar-refractivity contribution in [1.29, 1.82) is 0 Å². The van der Waals surface area contributed by atoms with Gasteiger partial charge < -0.3 is 16.2 Å². The molecule has 0 aliphatic heterocycles. The van der Waals surface area contributed by atoms with Gasteiger partial charge in [-0.3, -0.25) is 0 Å². The van der Waals surface area contributed by atoms with Gasteiger partial charge in [-0.2, -0.15) is 0 Å². The van der Waals surface area contributed by atoms with E-state index in [0.29, 0.717) is 28.1 Å². The van der Waals surface area contributed by atoms with Crippen LogP contribution in [0.4, 0.5) is 11.4 Å². The molecule has 4 aliphatic rings. The van der Waals surface area contributed by atoms with E-state index in [1.807, 2.05) is 18.2 Å². The molecule has 0 aromatic heterocycles. The first kappa shape index (κ1) is 25.0. The minimum Gasteiger partial charge on any atom is -0.488 e. The first-order chi connectivity index (χ1) is 16.8. The highest BCUT2D eigenvalue weighted by Crippen LogP contribution is 2.67. The van der Waals surface area contributed by atoms with Gasteiger partial charge in [0, 0.05) is 5.69 Å². The number of hydrogen-bond acceptors (Lipinski definition) is 3. The number of hydrogen-bond donors (Lipinski definition) is 2. The maximum absolute atomic E-state index is 6.42. The number of nitrogen functional groups attached to an aromatic ring is 2. The van der Waals surface area contributed by atoms with Crippen molar-refractivity contribution in [3.05, 3.63) is 30.4 Å². The molecule has 0 amide bonds. The van der Waals surface area contributed by atoms with E-state index in [1.165, 1.54) is 57.8 Å². The molecule has 1 aromatic rings. The van der Waals surface area contributed by atoms with Crippen LogP contribution in [0, 0.1) is 46.3 Å². The van der Waals surface area contributed by atoms with Crippen molar-refractivity contribution in [3.63, 3.8) is 0 Å². The number of fused-ring (bicyclic) bond motifs is 5. The fraction of sp³-hybridized carbons (Fsp3) is 0.750. The van der Waals surface area contributed by atoms with Gasteiger partial charge in [0.25, 0.3) is 0 Å². The molecule has 1 aromatic carbocycles. The number of anilines is 2. The maximum atomic E-state index is 6.42. The summed E-state index contributed by atoms with van der Waals surface area (Å²) in [5.74, 6) is 5.74. The summed E-state index contributed by atoms with van der Waals surface area (Å²) in [6.45, 7) is 10.2. The maximum Gasteiger partial charge on any atom is 0.142 e. The van der Waals surface area contributed by atoms with Gasteiger partial charge in [0.2, 0.25) is 0 Å². The van der Waals surface area contributed by atoms with Crippen molar-refractivity contribution in [2.75, 3.05) is 11.5 Å². The Hall–Kier alpha value is -1.64. The second-order valence-corrected chi connectivity index (χ2v) is 13.3. The van der Waals surface area contributed by atoms with Gasteiger partial charge in [0.15, 0.2) is 0 Å². The largest absolute Gasteiger partial charge is 0.488 e. The summed E-state index contributed by atoms with van der Waals surface area (Å²) < 4.78 is 6.42. The highest BCUT2D eigenvalue weighted by atomic mass is 16.5. The van der Waals surface area contributed by atoms with Gasteiger partial charge in [-0.15, -0.1) is 0 Å². The topological polar surface area (TPSA) is 61.3 Å². The number of nitrogens with two attached hydrogens (primary N) is 2. The highest BCUT2D eigenvalue weighted by molar-refractivity contribution is 5.60. The van der Waals surface area contributed by atoms with E-state index in [-0.39, 0.29) is 6.10 Å². The monoisotopic (exact) mass is 478 g/mol. The van der Waals surface area contributed by atoms with E-state index in [0.717, 1.165) is 48.2 Å². The molecule has 9 atom stereocenters. The van der Waals surface area contributed by atoms with Crippen LogP contribution in [-0.4, -0.2) is 6.10 Å². The van der Waals surface area contributed by atoms with E-state index in [9.17, 15) is 0 Å². The van der Waals surface area contributed by atoms with E-state index < -0.39 is 0 Å². The van der Waals surface area contributed by atoms with Crippen molar-refractivity contribution in [3.8, 4) is 5.75 Å². The normalized spacial score (nSPS) is 41.0. The van der Waals surface area contributed by atoms with E-state index in [1.54, 1.807) is 0 Å². The second kappa shape index (κ2) is 9.67. The molecule has 0 radical (unpaired) electrons. The summed E-state index contributed by atoms with van der Waals surface area (Å²) >= 11 is 0. The lowest BCUT2D eigenvalue weighted by Crippen LogP contribution is -2.52. The summed E-state index contributed by atoms with van der Waals surface area (Å²) in [6.07, 6.45) is 20.4. The molecule has 0 bridgehead atoms. The number of ether oxygens (including phenoxy) is 1. The predicted molar refractivity (Wildman–Crippen MR) is 148 cm³/mol. The molecule has 0 saturated heterocycles. The standard InChI is InChI=1S/C32H50N2O/c1-5-6-7-8-21(2)26-12-13-27-25-11-9-22-19-24(35-30-14-10-23(33)20-29(30)34)15-17-31(22,3)28(25)16-18-32(26,27)4/h9-11,14,20-22,24-28H,5-8,12-13,15-19,33-34H2,1-4H3. The molecule has 3 heteroatoms. The van der Waals surface area contributed by atoms with E-state index in [2.05, 4.69) is 39.8 Å². The third-order valence-corrected chi connectivity index (χ3v) is 11.5. The smallest absolute Gasteiger partial charge is 0.142 e. The number of rotatable bonds is 7. The van der Waals surface area contributed by atoms with E-state index in [4.69, 9.17) is 16.2 Å². The van der Waals surface area contributed by atoms with Crippen LogP contribution in [0.5, 0.6) is 5.75 Å². The van der Waals surface area contributed by atoms with Gasteiger partial charge in [-0.1, -0.05) is 65.5 Å². The molecule has 194 valence electrons. The molecule has 3 nitrogen and oxygen atoms in total. The lowest BCUT2D eigenvalue weighted by Gasteiger charge is -2.59. The molecule has 4 N–H and O–H groups in total. The Balaban J connectivity index is 1.29. The molecule has 5 rings (SSSR count). The summed E-state index contributed by atoms with van der Waals surface area (Å²) in [5.41, 5.74) is 14.4.